The van der Waals surface area contributed by atoms with E-state index in [2.05, 4.69) is 41.4 Å². The van der Waals surface area contributed by atoms with Crippen molar-refractivity contribution in [1.82, 2.24) is 15.5 Å². The molecule has 6 heteroatoms. The Morgan fingerprint density at radius 3 is 2.56 bits per heavy atom. The zero-order valence-corrected chi connectivity index (χ0v) is 18.1. The molecule has 1 aliphatic carbocycles. The maximum absolute atomic E-state index is 14.1. The van der Waals surface area contributed by atoms with Crippen molar-refractivity contribution >= 4 is 29.9 Å². The molecule has 0 saturated heterocycles. The van der Waals surface area contributed by atoms with Gasteiger partial charge in [-0.15, -0.1) is 24.0 Å². The standard InChI is InChI=1S/C19H31FN4.HI/c1-5-15(2)24(4)13-12-22-18(21-3)23-14-19(10-11-19)16-8-6-7-9-17(16)20;/h6-9,15H,5,10-14H2,1-4H3,(H2,21,22,23);1H. The van der Waals surface area contributed by atoms with Gasteiger partial charge in [0, 0.05) is 38.1 Å². The first-order valence-electron chi connectivity index (χ1n) is 8.92. The van der Waals surface area contributed by atoms with Crippen LogP contribution < -0.4 is 10.6 Å². The first-order chi connectivity index (χ1) is 11.5. The average molecular weight is 462 g/mol. The summed E-state index contributed by atoms with van der Waals surface area (Å²) in [6, 6.07) is 7.69. The van der Waals surface area contributed by atoms with Crippen LogP contribution in [0.3, 0.4) is 0 Å². The molecule has 0 spiro atoms. The fourth-order valence-electron chi connectivity index (χ4n) is 2.94. The number of nitrogens with zero attached hydrogens (tertiary/aromatic N) is 2. The fourth-order valence-corrected chi connectivity index (χ4v) is 2.94. The highest BCUT2D eigenvalue weighted by molar-refractivity contribution is 14.0. The van der Waals surface area contributed by atoms with Crippen LogP contribution in [-0.4, -0.2) is 50.6 Å². The van der Waals surface area contributed by atoms with Gasteiger partial charge in [0.15, 0.2) is 5.96 Å². The van der Waals surface area contributed by atoms with Gasteiger partial charge in [-0.2, -0.15) is 0 Å². The molecule has 1 saturated carbocycles. The van der Waals surface area contributed by atoms with Crippen LogP contribution in [0.5, 0.6) is 0 Å². The predicted octanol–water partition coefficient (Wildman–Crippen LogP) is 3.37. The highest BCUT2D eigenvalue weighted by Crippen LogP contribution is 2.48. The van der Waals surface area contributed by atoms with Gasteiger partial charge < -0.3 is 15.5 Å². The Bertz CT molecular complexity index is 560. The van der Waals surface area contributed by atoms with E-state index in [4.69, 9.17) is 0 Å². The Labute approximate surface area is 168 Å². The normalized spacial score (nSPS) is 17.0. The third-order valence-corrected chi connectivity index (χ3v) is 5.22. The van der Waals surface area contributed by atoms with Crippen LogP contribution in [-0.2, 0) is 5.41 Å². The molecule has 0 heterocycles. The molecule has 1 aromatic rings. The van der Waals surface area contributed by atoms with Crippen LogP contribution in [0.15, 0.2) is 29.3 Å². The van der Waals surface area contributed by atoms with E-state index in [1.807, 2.05) is 12.1 Å². The number of hydrogen-bond donors (Lipinski definition) is 2. The van der Waals surface area contributed by atoms with Crippen molar-refractivity contribution in [2.24, 2.45) is 4.99 Å². The van der Waals surface area contributed by atoms with Crippen molar-refractivity contribution in [1.29, 1.82) is 0 Å². The molecular weight excluding hydrogens is 430 g/mol. The second kappa shape index (κ2) is 10.3. The lowest BCUT2D eigenvalue weighted by molar-refractivity contribution is 0.255. The summed E-state index contributed by atoms with van der Waals surface area (Å²) in [6.07, 6.45) is 3.19. The quantitative estimate of drug-likeness (QED) is 0.354. The molecule has 1 aliphatic rings. The molecule has 0 bridgehead atoms. The topological polar surface area (TPSA) is 39.7 Å². The Hall–Kier alpha value is -0.890. The van der Waals surface area contributed by atoms with E-state index in [-0.39, 0.29) is 35.2 Å². The van der Waals surface area contributed by atoms with Crippen molar-refractivity contribution < 1.29 is 4.39 Å². The maximum Gasteiger partial charge on any atom is 0.191 e. The molecule has 2 rings (SSSR count). The fraction of sp³-hybridized carbons (Fsp3) is 0.632. The molecule has 1 fully saturated rings. The number of nitrogens with one attached hydrogen (secondary N) is 2. The number of guanidine groups is 1. The van der Waals surface area contributed by atoms with Gasteiger partial charge in [0.1, 0.15) is 5.82 Å². The van der Waals surface area contributed by atoms with E-state index < -0.39 is 0 Å². The second-order valence-electron chi connectivity index (χ2n) is 6.85. The van der Waals surface area contributed by atoms with Gasteiger partial charge >= 0.3 is 0 Å². The summed E-state index contributed by atoms with van der Waals surface area (Å²) >= 11 is 0. The van der Waals surface area contributed by atoms with Crippen LogP contribution in [0, 0.1) is 5.82 Å². The Balaban J connectivity index is 0.00000312. The number of likely N-dealkylation sites (N-methyl/N-ethyl adjacent to an activating group) is 1. The van der Waals surface area contributed by atoms with Gasteiger partial charge in [-0.05, 0) is 44.9 Å². The van der Waals surface area contributed by atoms with E-state index in [1.165, 1.54) is 0 Å². The first kappa shape index (κ1) is 22.2. The maximum atomic E-state index is 14.1. The molecule has 0 aromatic heterocycles. The van der Waals surface area contributed by atoms with E-state index in [0.29, 0.717) is 6.04 Å². The summed E-state index contributed by atoms with van der Waals surface area (Å²) in [5, 5.41) is 6.72. The molecule has 4 nitrogen and oxygen atoms in total. The molecule has 0 amide bonds. The van der Waals surface area contributed by atoms with Crippen molar-refractivity contribution in [2.75, 3.05) is 33.7 Å². The molecule has 25 heavy (non-hydrogen) atoms. The van der Waals surface area contributed by atoms with Crippen molar-refractivity contribution in [3.63, 3.8) is 0 Å². The minimum absolute atomic E-state index is 0. The molecule has 0 aliphatic heterocycles. The second-order valence-corrected chi connectivity index (χ2v) is 6.85. The molecule has 1 aromatic carbocycles. The Kier molecular flexibility index (Phi) is 9.13. The van der Waals surface area contributed by atoms with Gasteiger partial charge in [0.2, 0.25) is 0 Å². The molecule has 1 unspecified atom stereocenters. The van der Waals surface area contributed by atoms with Crippen LogP contribution in [0.1, 0.15) is 38.7 Å². The number of halogens is 2. The van der Waals surface area contributed by atoms with Crippen molar-refractivity contribution in [3.8, 4) is 0 Å². The smallest absolute Gasteiger partial charge is 0.191 e. The van der Waals surface area contributed by atoms with Crippen LogP contribution >= 0.6 is 24.0 Å². The van der Waals surface area contributed by atoms with E-state index >= 15 is 0 Å². The van der Waals surface area contributed by atoms with E-state index in [9.17, 15) is 4.39 Å². The zero-order valence-electron chi connectivity index (χ0n) is 15.8. The van der Waals surface area contributed by atoms with Gasteiger partial charge in [0.25, 0.3) is 0 Å². The monoisotopic (exact) mass is 462 g/mol. The van der Waals surface area contributed by atoms with Crippen LogP contribution in [0.4, 0.5) is 4.39 Å². The highest BCUT2D eigenvalue weighted by Gasteiger charge is 2.45. The van der Waals surface area contributed by atoms with Gasteiger partial charge in [0.05, 0.1) is 0 Å². The van der Waals surface area contributed by atoms with Gasteiger partial charge in [-0.25, -0.2) is 4.39 Å². The minimum atomic E-state index is -0.102. The Morgan fingerprint density at radius 1 is 1.32 bits per heavy atom. The third kappa shape index (κ3) is 6.09. The number of hydrogen-bond acceptors (Lipinski definition) is 2. The van der Waals surface area contributed by atoms with Crippen molar-refractivity contribution in [2.45, 2.75) is 44.6 Å². The zero-order chi connectivity index (χ0) is 17.6. The van der Waals surface area contributed by atoms with Gasteiger partial charge in [-0.1, -0.05) is 25.1 Å². The third-order valence-electron chi connectivity index (χ3n) is 5.22. The lowest BCUT2D eigenvalue weighted by atomic mass is 9.95. The van der Waals surface area contributed by atoms with E-state index in [1.54, 1.807) is 19.2 Å². The minimum Gasteiger partial charge on any atom is -0.356 e. The summed E-state index contributed by atoms with van der Waals surface area (Å²) in [4.78, 5) is 6.61. The Morgan fingerprint density at radius 2 is 2.00 bits per heavy atom. The van der Waals surface area contributed by atoms with E-state index in [0.717, 1.165) is 50.4 Å². The van der Waals surface area contributed by atoms with Crippen LogP contribution in [0.2, 0.25) is 0 Å². The van der Waals surface area contributed by atoms with Crippen molar-refractivity contribution in [3.05, 3.63) is 35.6 Å². The summed E-state index contributed by atoms with van der Waals surface area (Å²) in [5.74, 6) is 0.685. The first-order valence-corrected chi connectivity index (χ1v) is 8.92. The molecule has 0 radical (unpaired) electrons. The largest absolute Gasteiger partial charge is 0.356 e. The van der Waals surface area contributed by atoms with Crippen LogP contribution in [0.25, 0.3) is 0 Å². The number of aliphatic imine (C=N–C) groups is 1. The highest BCUT2D eigenvalue weighted by atomic mass is 127. The molecule has 142 valence electrons. The number of benzene rings is 1. The molecular formula is C19H32FIN4. The number of rotatable bonds is 8. The summed E-state index contributed by atoms with van der Waals surface area (Å²) in [6.45, 7) is 6.96. The molecule has 1 atom stereocenters. The van der Waals surface area contributed by atoms with Gasteiger partial charge in [-0.3, -0.25) is 4.99 Å². The predicted molar refractivity (Wildman–Crippen MR) is 114 cm³/mol. The summed E-state index contributed by atoms with van der Waals surface area (Å²) in [7, 11) is 3.92. The average Bonchev–Trinajstić information content (AvgIpc) is 3.38. The lowest BCUT2D eigenvalue weighted by Crippen LogP contribution is -2.44. The molecule has 2 N–H and O–H groups in total. The lowest BCUT2D eigenvalue weighted by Gasteiger charge is -2.24. The summed E-state index contributed by atoms with van der Waals surface area (Å²) in [5.41, 5.74) is 0.751. The summed E-state index contributed by atoms with van der Waals surface area (Å²) < 4.78 is 14.1. The SMILES string of the molecule is CCC(C)N(C)CCNC(=NC)NCC1(c2ccccc2F)CC1.I.